The summed E-state index contributed by atoms with van der Waals surface area (Å²) in [4.78, 5) is 17.7. The van der Waals surface area contributed by atoms with Crippen molar-refractivity contribution in [3.63, 3.8) is 0 Å². The summed E-state index contributed by atoms with van der Waals surface area (Å²) < 4.78 is 6.88. The van der Waals surface area contributed by atoms with Gasteiger partial charge in [-0.1, -0.05) is 18.2 Å². The first kappa shape index (κ1) is 16.7. The Morgan fingerprint density at radius 3 is 2.32 bits per heavy atom. The largest absolute Gasteiger partial charge is 0.497 e. The van der Waals surface area contributed by atoms with E-state index < -0.39 is 0 Å². The van der Waals surface area contributed by atoms with Crippen LogP contribution in [-0.4, -0.2) is 42.0 Å². The Bertz CT molecular complexity index is 857. The summed E-state index contributed by atoms with van der Waals surface area (Å²) in [6.45, 7) is 0. The molecule has 6 heteroatoms. The smallest absolute Gasteiger partial charge is 0.281 e. The Hall–Kier alpha value is -3.12. The van der Waals surface area contributed by atoms with Gasteiger partial charge in [0.25, 0.3) is 5.91 Å². The van der Waals surface area contributed by atoms with Gasteiger partial charge >= 0.3 is 0 Å². The molecule has 25 heavy (non-hydrogen) atoms. The number of para-hydroxylation sites is 1. The zero-order valence-electron chi connectivity index (χ0n) is 14.3. The molecule has 128 valence electrons. The molecule has 1 amide bonds. The van der Waals surface area contributed by atoms with Crippen molar-refractivity contribution in [2.24, 2.45) is 0 Å². The van der Waals surface area contributed by atoms with E-state index in [0.717, 1.165) is 17.0 Å². The van der Waals surface area contributed by atoms with Crippen LogP contribution in [-0.2, 0) is 4.84 Å². The summed E-state index contributed by atoms with van der Waals surface area (Å²) in [5, 5.41) is 5.80. The molecule has 0 radical (unpaired) electrons. The maximum atomic E-state index is 12.7. The average Bonchev–Trinajstić information content (AvgIpc) is 3.13. The predicted molar refractivity (Wildman–Crippen MR) is 94.7 cm³/mol. The number of hydrogen-bond acceptors (Lipinski definition) is 4. The summed E-state index contributed by atoms with van der Waals surface area (Å²) in [5.74, 6) is 0.476. The van der Waals surface area contributed by atoms with E-state index in [9.17, 15) is 4.79 Å². The molecule has 1 heterocycles. The van der Waals surface area contributed by atoms with Crippen LogP contribution in [0.25, 0.3) is 16.9 Å². The van der Waals surface area contributed by atoms with Gasteiger partial charge in [0.2, 0.25) is 0 Å². The zero-order valence-corrected chi connectivity index (χ0v) is 14.3. The number of methoxy groups -OCH3 is 1. The molecule has 0 aliphatic carbocycles. The molecule has 0 fully saturated rings. The van der Waals surface area contributed by atoms with Crippen molar-refractivity contribution >= 4 is 5.91 Å². The molecule has 0 unspecified atom stereocenters. The van der Waals surface area contributed by atoms with Crippen LogP contribution in [0.3, 0.4) is 0 Å². The second-order valence-corrected chi connectivity index (χ2v) is 5.39. The normalized spacial score (nSPS) is 10.5. The number of benzene rings is 2. The van der Waals surface area contributed by atoms with E-state index >= 15 is 0 Å². The highest BCUT2D eigenvalue weighted by atomic mass is 16.7. The Morgan fingerprint density at radius 1 is 1.04 bits per heavy atom. The average molecular weight is 337 g/mol. The van der Waals surface area contributed by atoms with Crippen molar-refractivity contribution in [3.8, 4) is 22.7 Å². The van der Waals surface area contributed by atoms with Gasteiger partial charge < -0.3 is 4.74 Å². The Balaban J connectivity index is 2.10. The second-order valence-electron chi connectivity index (χ2n) is 5.39. The Labute approximate surface area is 146 Å². The van der Waals surface area contributed by atoms with Crippen LogP contribution >= 0.6 is 0 Å². The van der Waals surface area contributed by atoms with E-state index in [1.54, 1.807) is 25.0 Å². The van der Waals surface area contributed by atoms with Crippen molar-refractivity contribution in [2.45, 2.75) is 0 Å². The third kappa shape index (κ3) is 3.39. The molecule has 0 spiro atoms. The number of amides is 1. The molecular formula is C19H19N3O3. The van der Waals surface area contributed by atoms with Gasteiger partial charge in [-0.2, -0.15) is 5.10 Å². The van der Waals surface area contributed by atoms with Gasteiger partial charge in [-0.05, 0) is 36.4 Å². The lowest BCUT2D eigenvalue weighted by Gasteiger charge is -2.13. The zero-order chi connectivity index (χ0) is 17.8. The highest BCUT2D eigenvalue weighted by Gasteiger charge is 2.21. The maximum absolute atomic E-state index is 12.7. The lowest BCUT2D eigenvalue weighted by Crippen LogP contribution is -2.25. The van der Waals surface area contributed by atoms with Crippen molar-refractivity contribution in [3.05, 3.63) is 66.4 Å². The third-order valence-electron chi connectivity index (χ3n) is 3.89. The molecule has 0 saturated heterocycles. The van der Waals surface area contributed by atoms with Gasteiger partial charge in [-0.3, -0.25) is 9.63 Å². The number of rotatable bonds is 5. The molecule has 1 aromatic heterocycles. The van der Waals surface area contributed by atoms with Crippen molar-refractivity contribution in [2.75, 3.05) is 21.3 Å². The van der Waals surface area contributed by atoms with E-state index in [4.69, 9.17) is 9.57 Å². The predicted octanol–water partition coefficient (Wildman–Crippen LogP) is 3.18. The fourth-order valence-electron chi connectivity index (χ4n) is 2.46. The van der Waals surface area contributed by atoms with Gasteiger partial charge in [0.05, 0.1) is 25.5 Å². The molecule has 0 aliphatic rings. The molecule has 0 bridgehead atoms. The fraction of sp³-hybridized carbons (Fsp3) is 0.158. The first-order valence-corrected chi connectivity index (χ1v) is 7.75. The van der Waals surface area contributed by atoms with Gasteiger partial charge in [-0.25, -0.2) is 9.75 Å². The number of aromatic nitrogens is 2. The first-order valence-electron chi connectivity index (χ1n) is 7.75. The maximum Gasteiger partial charge on any atom is 0.281 e. The van der Waals surface area contributed by atoms with E-state index in [2.05, 4.69) is 5.10 Å². The fourth-order valence-corrected chi connectivity index (χ4v) is 2.46. The van der Waals surface area contributed by atoms with Gasteiger partial charge in [0, 0.05) is 18.8 Å². The lowest BCUT2D eigenvalue weighted by atomic mass is 10.1. The molecule has 6 nitrogen and oxygen atoms in total. The molecule has 0 N–H and O–H groups in total. The molecule has 0 saturated carbocycles. The molecule has 3 rings (SSSR count). The first-order chi connectivity index (χ1) is 12.1. The lowest BCUT2D eigenvalue weighted by molar-refractivity contribution is -0.0756. The SMILES string of the molecule is COc1ccc(-c2nn(-c3ccccc3)cc2C(=O)N(C)OC)cc1. The van der Waals surface area contributed by atoms with Crippen molar-refractivity contribution < 1.29 is 14.4 Å². The summed E-state index contributed by atoms with van der Waals surface area (Å²) in [5.41, 5.74) is 2.73. The molecule has 0 aliphatic heterocycles. The molecule has 2 aromatic carbocycles. The van der Waals surface area contributed by atoms with E-state index in [-0.39, 0.29) is 5.91 Å². The van der Waals surface area contributed by atoms with Crippen molar-refractivity contribution in [1.29, 1.82) is 0 Å². The van der Waals surface area contributed by atoms with Crippen LogP contribution in [0, 0.1) is 0 Å². The number of hydrogen-bond donors (Lipinski definition) is 0. The third-order valence-corrected chi connectivity index (χ3v) is 3.89. The van der Waals surface area contributed by atoms with E-state index in [0.29, 0.717) is 11.3 Å². The number of carbonyl (C=O) groups is 1. The van der Waals surface area contributed by atoms with Crippen LogP contribution in [0.5, 0.6) is 5.75 Å². The number of hydroxylamine groups is 2. The van der Waals surface area contributed by atoms with Gasteiger partial charge in [-0.15, -0.1) is 0 Å². The standard InChI is InChI=1S/C19H19N3O3/c1-21(25-3)19(23)17-13-22(15-7-5-4-6-8-15)20-18(17)14-9-11-16(24-2)12-10-14/h4-13H,1-3H3. The van der Waals surface area contributed by atoms with Crippen LogP contribution in [0.15, 0.2) is 60.8 Å². The minimum absolute atomic E-state index is 0.268. The van der Waals surface area contributed by atoms with Gasteiger partial charge in [0.15, 0.2) is 0 Å². The summed E-state index contributed by atoms with van der Waals surface area (Å²) in [6, 6.07) is 17.1. The van der Waals surface area contributed by atoms with E-state index in [1.807, 2.05) is 54.6 Å². The highest BCUT2D eigenvalue weighted by Crippen LogP contribution is 2.26. The summed E-state index contributed by atoms with van der Waals surface area (Å²) in [7, 11) is 4.63. The van der Waals surface area contributed by atoms with Gasteiger partial charge in [0.1, 0.15) is 11.4 Å². The Morgan fingerprint density at radius 2 is 1.72 bits per heavy atom. The van der Waals surface area contributed by atoms with Crippen molar-refractivity contribution in [1.82, 2.24) is 14.8 Å². The van der Waals surface area contributed by atoms with Crippen LogP contribution in [0.4, 0.5) is 0 Å². The number of carbonyl (C=O) groups excluding carboxylic acids is 1. The van der Waals surface area contributed by atoms with Crippen LogP contribution < -0.4 is 4.74 Å². The minimum Gasteiger partial charge on any atom is -0.497 e. The number of nitrogens with zero attached hydrogens (tertiary/aromatic N) is 3. The highest BCUT2D eigenvalue weighted by molar-refractivity contribution is 5.99. The van der Waals surface area contributed by atoms with Crippen LogP contribution in [0.1, 0.15) is 10.4 Å². The second kappa shape index (κ2) is 7.19. The molecular weight excluding hydrogens is 318 g/mol. The topological polar surface area (TPSA) is 56.6 Å². The monoisotopic (exact) mass is 337 g/mol. The Kier molecular flexibility index (Phi) is 4.81. The van der Waals surface area contributed by atoms with E-state index in [1.165, 1.54) is 12.2 Å². The summed E-state index contributed by atoms with van der Waals surface area (Å²) in [6.07, 6.45) is 1.72. The summed E-state index contributed by atoms with van der Waals surface area (Å²) >= 11 is 0. The number of ether oxygens (including phenoxy) is 1. The van der Waals surface area contributed by atoms with Crippen LogP contribution in [0.2, 0.25) is 0 Å². The molecule has 3 aromatic rings. The quantitative estimate of drug-likeness (QED) is 0.671. The molecule has 0 atom stereocenters. The minimum atomic E-state index is -0.268.